The zero-order valence-electron chi connectivity index (χ0n) is 14.3. The van der Waals surface area contributed by atoms with E-state index in [0.717, 1.165) is 24.8 Å². The van der Waals surface area contributed by atoms with E-state index in [-0.39, 0.29) is 24.3 Å². The number of esters is 2. The van der Waals surface area contributed by atoms with Gasteiger partial charge in [-0.2, -0.15) is 0 Å². The van der Waals surface area contributed by atoms with Gasteiger partial charge in [0.1, 0.15) is 19.0 Å². The summed E-state index contributed by atoms with van der Waals surface area (Å²) in [6, 6.07) is 10.6. The van der Waals surface area contributed by atoms with Crippen molar-refractivity contribution in [1.82, 2.24) is 0 Å². The summed E-state index contributed by atoms with van der Waals surface area (Å²) in [5.41, 5.74) is 0.464. The molecule has 0 radical (unpaired) electrons. The van der Waals surface area contributed by atoms with Gasteiger partial charge in [-0.1, -0.05) is 17.7 Å². The number of methoxy groups -OCH3 is 1. The number of hydrogen-bond acceptors (Lipinski definition) is 7. The van der Waals surface area contributed by atoms with Gasteiger partial charge in [-0.15, -0.1) is 0 Å². The average molecular weight is 359 g/mol. The van der Waals surface area contributed by atoms with Crippen LogP contribution in [0.2, 0.25) is 0 Å². The van der Waals surface area contributed by atoms with Gasteiger partial charge in [-0.05, 0) is 25.1 Å². The third kappa shape index (κ3) is 5.04. The highest BCUT2D eigenvalue weighted by molar-refractivity contribution is 5.96. The fraction of sp³-hybridized carbons (Fsp3) is 0.222. The molecule has 0 saturated carbocycles. The summed E-state index contributed by atoms with van der Waals surface area (Å²) >= 11 is 0. The lowest BCUT2D eigenvalue weighted by Crippen LogP contribution is -2.13. The predicted molar refractivity (Wildman–Crippen MR) is 91.4 cm³/mol. The molecule has 0 heterocycles. The molecular formula is C18H17NO7. The van der Waals surface area contributed by atoms with Gasteiger partial charge in [0.2, 0.25) is 0 Å². The van der Waals surface area contributed by atoms with Crippen LogP contribution in [0.15, 0.2) is 42.5 Å². The molecule has 0 aliphatic rings. The van der Waals surface area contributed by atoms with E-state index in [1.165, 1.54) is 6.07 Å². The van der Waals surface area contributed by atoms with Crippen molar-refractivity contribution < 1.29 is 28.7 Å². The van der Waals surface area contributed by atoms with Gasteiger partial charge in [-0.3, -0.25) is 10.1 Å². The fourth-order valence-electron chi connectivity index (χ4n) is 2.08. The van der Waals surface area contributed by atoms with Crippen molar-refractivity contribution in [3.05, 3.63) is 69.3 Å². The molecule has 2 aromatic carbocycles. The molecule has 0 aliphatic heterocycles. The minimum atomic E-state index is -0.800. The lowest BCUT2D eigenvalue weighted by molar-refractivity contribution is -0.384. The number of nitrogens with zero attached hydrogens (tertiary/aromatic N) is 1. The molecule has 0 aromatic heterocycles. The molecule has 0 atom stereocenters. The number of nitro groups is 1. The van der Waals surface area contributed by atoms with Crippen LogP contribution in [0.1, 0.15) is 26.3 Å². The van der Waals surface area contributed by atoms with Gasteiger partial charge >= 0.3 is 11.9 Å². The Morgan fingerprint density at radius 1 is 1.00 bits per heavy atom. The van der Waals surface area contributed by atoms with E-state index >= 15 is 0 Å². The van der Waals surface area contributed by atoms with Crippen molar-refractivity contribution in [3.63, 3.8) is 0 Å². The van der Waals surface area contributed by atoms with E-state index in [1.807, 2.05) is 19.1 Å². The van der Waals surface area contributed by atoms with Crippen molar-refractivity contribution in [3.8, 4) is 5.75 Å². The van der Waals surface area contributed by atoms with Crippen LogP contribution in [0.4, 0.5) is 5.69 Å². The van der Waals surface area contributed by atoms with Crippen LogP contribution in [0.5, 0.6) is 5.75 Å². The second-order valence-corrected chi connectivity index (χ2v) is 5.31. The molecule has 0 aliphatic carbocycles. The maximum atomic E-state index is 12.1. The lowest BCUT2D eigenvalue weighted by Gasteiger charge is -2.08. The van der Waals surface area contributed by atoms with E-state index in [0.29, 0.717) is 5.75 Å². The summed E-state index contributed by atoms with van der Waals surface area (Å²) in [7, 11) is 1.14. The molecule has 2 rings (SSSR count). The van der Waals surface area contributed by atoms with E-state index < -0.39 is 22.5 Å². The molecule has 0 bridgehead atoms. The monoisotopic (exact) mass is 359 g/mol. The van der Waals surface area contributed by atoms with E-state index in [1.54, 1.807) is 12.1 Å². The molecule has 136 valence electrons. The van der Waals surface area contributed by atoms with Crippen LogP contribution in [0.3, 0.4) is 0 Å². The Morgan fingerprint density at radius 3 is 2.19 bits per heavy atom. The number of rotatable bonds is 7. The normalized spacial score (nSPS) is 10.1. The first-order chi connectivity index (χ1) is 12.4. The first-order valence-corrected chi connectivity index (χ1v) is 7.65. The molecule has 0 saturated heterocycles. The molecular weight excluding hydrogens is 342 g/mol. The van der Waals surface area contributed by atoms with Crippen molar-refractivity contribution in [1.29, 1.82) is 0 Å². The van der Waals surface area contributed by atoms with E-state index in [2.05, 4.69) is 4.74 Å². The summed E-state index contributed by atoms with van der Waals surface area (Å²) < 4.78 is 15.0. The SMILES string of the molecule is COC(=O)c1cc(C(=O)OCCOc2ccc(C)cc2)cc([N+](=O)[O-])c1. The molecule has 0 amide bonds. The van der Waals surface area contributed by atoms with Crippen LogP contribution in [0.25, 0.3) is 0 Å². The Hall–Kier alpha value is -3.42. The molecule has 0 fully saturated rings. The number of ether oxygens (including phenoxy) is 3. The zero-order valence-corrected chi connectivity index (χ0v) is 14.3. The Balaban J connectivity index is 1.99. The highest BCUT2D eigenvalue weighted by Crippen LogP contribution is 2.19. The number of nitro benzene ring substituents is 1. The van der Waals surface area contributed by atoms with Crippen LogP contribution < -0.4 is 4.74 Å². The number of aryl methyl sites for hydroxylation is 1. The smallest absolute Gasteiger partial charge is 0.338 e. The van der Waals surface area contributed by atoms with Gasteiger partial charge in [0.25, 0.3) is 5.69 Å². The number of hydrogen-bond donors (Lipinski definition) is 0. The highest BCUT2D eigenvalue weighted by Gasteiger charge is 2.19. The van der Waals surface area contributed by atoms with Gasteiger partial charge < -0.3 is 14.2 Å². The predicted octanol–water partition coefficient (Wildman–Crippen LogP) is 2.93. The van der Waals surface area contributed by atoms with Crippen LogP contribution in [-0.4, -0.2) is 37.2 Å². The van der Waals surface area contributed by atoms with Gasteiger partial charge in [-0.25, -0.2) is 9.59 Å². The Bertz CT molecular complexity index is 815. The highest BCUT2D eigenvalue weighted by atomic mass is 16.6. The lowest BCUT2D eigenvalue weighted by atomic mass is 10.1. The molecule has 0 N–H and O–H groups in total. The maximum absolute atomic E-state index is 12.1. The van der Waals surface area contributed by atoms with Gasteiger partial charge in [0.05, 0.1) is 23.2 Å². The maximum Gasteiger partial charge on any atom is 0.338 e. The third-order valence-electron chi connectivity index (χ3n) is 3.39. The van der Waals surface area contributed by atoms with Gasteiger partial charge in [0, 0.05) is 12.1 Å². The Labute approximate surface area is 149 Å². The van der Waals surface area contributed by atoms with Crippen LogP contribution >= 0.6 is 0 Å². The number of carbonyl (C=O) groups is 2. The largest absolute Gasteiger partial charge is 0.490 e. The van der Waals surface area contributed by atoms with Crippen molar-refractivity contribution >= 4 is 17.6 Å². The average Bonchev–Trinajstić information content (AvgIpc) is 2.65. The second kappa shape index (κ2) is 8.61. The molecule has 8 heteroatoms. The van der Waals surface area contributed by atoms with Crippen molar-refractivity contribution in [2.24, 2.45) is 0 Å². The van der Waals surface area contributed by atoms with Crippen LogP contribution in [-0.2, 0) is 9.47 Å². The van der Waals surface area contributed by atoms with Crippen LogP contribution in [0, 0.1) is 17.0 Å². The minimum Gasteiger partial charge on any atom is -0.490 e. The Morgan fingerprint density at radius 2 is 1.62 bits per heavy atom. The molecule has 8 nitrogen and oxygen atoms in total. The molecule has 26 heavy (non-hydrogen) atoms. The summed E-state index contributed by atoms with van der Waals surface area (Å²) in [4.78, 5) is 33.9. The zero-order chi connectivity index (χ0) is 19.1. The molecule has 0 spiro atoms. The first kappa shape index (κ1) is 18.9. The molecule has 2 aromatic rings. The first-order valence-electron chi connectivity index (χ1n) is 7.65. The summed E-state index contributed by atoms with van der Waals surface area (Å²) in [6.45, 7) is 2.02. The van der Waals surface area contributed by atoms with E-state index in [4.69, 9.17) is 9.47 Å². The fourth-order valence-corrected chi connectivity index (χ4v) is 2.08. The number of benzene rings is 2. The number of carbonyl (C=O) groups excluding carboxylic acids is 2. The van der Waals surface area contributed by atoms with Crippen molar-refractivity contribution in [2.45, 2.75) is 6.92 Å². The minimum absolute atomic E-state index is 0.0526. The second-order valence-electron chi connectivity index (χ2n) is 5.31. The van der Waals surface area contributed by atoms with Crippen molar-refractivity contribution in [2.75, 3.05) is 20.3 Å². The third-order valence-corrected chi connectivity index (χ3v) is 3.39. The molecule has 0 unspecified atom stereocenters. The standard InChI is InChI=1S/C18H17NO7/c1-12-3-5-16(6-4-12)25-7-8-26-18(21)14-9-13(17(20)24-2)10-15(11-14)19(22)23/h3-6,9-11H,7-8H2,1-2H3. The van der Waals surface area contributed by atoms with Gasteiger partial charge in [0.15, 0.2) is 0 Å². The van der Waals surface area contributed by atoms with E-state index in [9.17, 15) is 19.7 Å². The summed E-state index contributed by atoms with van der Waals surface area (Å²) in [5.74, 6) is -0.952. The summed E-state index contributed by atoms with van der Waals surface area (Å²) in [6.07, 6.45) is 0. The number of non-ortho nitro benzene ring substituents is 1. The quantitative estimate of drug-likeness (QED) is 0.324. The topological polar surface area (TPSA) is 105 Å². The summed E-state index contributed by atoms with van der Waals surface area (Å²) in [5, 5.41) is 11.0. The Kier molecular flexibility index (Phi) is 6.26.